The Bertz CT molecular complexity index is 267. The maximum atomic E-state index is 12.9. The lowest BCUT2D eigenvalue weighted by Crippen LogP contribution is -1.91. The summed E-state index contributed by atoms with van der Waals surface area (Å²) in [6, 6.07) is 0. The lowest BCUT2D eigenvalue weighted by molar-refractivity contribution is 0.601. The largest absolute Gasteiger partial charge is 0.289 e. The first-order valence-corrected chi connectivity index (χ1v) is 15.2. The van der Waals surface area contributed by atoms with E-state index in [1.807, 2.05) is 35.3 Å². The summed E-state index contributed by atoms with van der Waals surface area (Å²) in [5.74, 6) is 7.20. The van der Waals surface area contributed by atoms with Crippen LogP contribution in [0.5, 0.6) is 0 Å². The maximum Gasteiger partial charge on any atom is 0.244 e. The molecular formula is C9H15OPS6. The summed E-state index contributed by atoms with van der Waals surface area (Å²) < 4.78 is 10.8. The molecule has 3 saturated heterocycles. The summed E-state index contributed by atoms with van der Waals surface area (Å²) in [6.07, 6.45) is 0. The van der Waals surface area contributed by atoms with Crippen LogP contribution in [-0.2, 0) is 4.57 Å². The van der Waals surface area contributed by atoms with Crippen LogP contribution in [0.15, 0.2) is 0 Å². The molecule has 0 aromatic rings. The van der Waals surface area contributed by atoms with E-state index in [1.165, 1.54) is 17.3 Å². The van der Waals surface area contributed by atoms with Crippen LogP contribution < -0.4 is 0 Å². The van der Waals surface area contributed by atoms with E-state index < -0.39 is 4.75 Å². The van der Waals surface area contributed by atoms with E-state index in [-0.39, 0.29) is 0 Å². The number of hydrogen-bond donors (Lipinski definition) is 0. The third-order valence-electron chi connectivity index (χ3n) is 2.46. The Morgan fingerprint density at radius 2 is 1.12 bits per heavy atom. The molecule has 0 aliphatic carbocycles. The normalized spacial score (nSPS) is 37.5. The summed E-state index contributed by atoms with van der Waals surface area (Å²) in [7, 11) is 0. The summed E-state index contributed by atoms with van der Waals surface area (Å²) in [5, 5.41) is 2.42. The Morgan fingerprint density at radius 1 is 0.824 bits per heavy atom. The second-order valence-corrected chi connectivity index (χ2v) is 19.9. The smallest absolute Gasteiger partial charge is 0.244 e. The molecule has 0 saturated carbocycles. The molecule has 3 rings (SSSR count). The standard InChI is InChI=1S/C9H15OPS6/c10-11(15-4-7-1-12-7,16-5-8-2-13-8)17-6-9-3-14-9/h7-9H,1-6H2. The lowest BCUT2D eigenvalue weighted by atomic mass is 10.6. The van der Waals surface area contributed by atoms with Crippen molar-refractivity contribution in [2.75, 3.05) is 34.5 Å². The molecule has 0 amide bonds. The lowest BCUT2D eigenvalue weighted by Gasteiger charge is -2.15. The van der Waals surface area contributed by atoms with E-state index in [4.69, 9.17) is 0 Å². The molecule has 0 aromatic heterocycles. The molecule has 3 aliphatic heterocycles. The molecule has 0 N–H and O–H groups in total. The van der Waals surface area contributed by atoms with E-state index in [2.05, 4.69) is 0 Å². The van der Waals surface area contributed by atoms with Crippen molar-refractivity contribution in [1.29, 1.82) is 0 Å². The fourth-order valence-corrected chi connectivity index (χ4v) is 15.9. The Kier molecular flexibility index (Phi) is 5.37. The van der Waals surface area contributed by atoms with Gasteiger partial charge in [-0.2, -0.15) is 35.3 Å². The second-order valence-electron chi connectivity index (χ2n) is 4.20. The Morgan fingerprint density at radius 3 is 1.35 bits per heavy atom. The molecule has 1 nitrogen and oxygen atoms in total. The van der Waals surface area contributed by atoms with E-state index in [9.17, 15) is 4.57 Å². The summed E-state index contributed by atoms with van der Waals surface area (Å²) in [6.45, 7) is 0. The van der Waals surface area contributed by atoms with Gasteiger partial charge in [-0.3, -0.25) is 4.57 Å². The van der Waals surface area contributed by atoms with Crippen LogP contribution in [0.1, 0.15) is 0 Å². The summed E-state index contributed by atoms with van der Waals surface area (Å²) in [4.78, 5) is 0. The van der Waals surface area contributed by atoms with Crippen molar-refractivity contribution in [2.45, 2.75) is 15.7 Å². The van der Waals surface area contributed by atoms with Gasteiger partial charge >= 0.3 is 0 Å². The Hall–Kier alpha value is 2.33. The van der Waals surface area contributed by atoms with Gasteiger partial charge in [-0.25, -0.2) is 0 Å². The van der Waals surface area contributed by atoms with Crippen LogP contribution in [0.2, 0.25) is 0 Å². The van der Waals surface area contributed by atoms with Crippen LogP contribution in [0.4, 0.5) is 0 Å². The molecule has 0 spiro atoms. The minimum atomic E-state index is -2.05. The van der Waals surface area contributed by atoms with E-state index >= 15 is 0 Å². The van der Waals surface area contributed by atoms with Gasteiger partial charge in [-0.1, -0.05) is 34.1 Å². The highest BCUT2D eigenvalue weighted by Gasteiger charge is 2.35. The van der Waals surface area contributed by atoms with Crippen LogP contribution >= 0.6 is 74.2 Å². The van der Waals surface area contributed by atoms with E-state index in [0.717, 1.165) is 33.0 Å². The molecule has 8 heteroatoms. The third kappa shape index (κ3) is 5.68. The minimum Gasteiger partial charge on any atom is -0.289 e. The van der Waals surface area contributed by atoms with Gasteiger partial charge in [0, 0.05) is 50.3 Å². The molecule has 17 heavy (non-hydrogen) atoms. The zero-order valence-corrected chi connectivity index (χ0v) is 15.1. The zero-order chi connectivity index (χ0) is 11.7. The van der Waals surface area contributed by atoms with Gasteiger partial charge in [0.25, 0.3) is 0 Å². The predicted molar refractivity (Wildman–Crippen MR) is 93.7 cm³/mol. The molecule has 0 aromatic carbocycles. The topological polar surface area (TPSA) is 17.1 Å². The van der Waals surface area contributed by atoms with Crippen molar-refractivity contribution in [3.05, 3.63) is 0 Å². The van der Waals surface area contributed by atoms with Crippen LogP contribution in [0, 0.1) is 0 Å². The predicted octanol–water partition coefficient (Wildman–Crippen LogP) is 4.64. The molecular weight excluding hydrogens is 347 g/mol. The highest BCUT2D eigenvalue weighted by Crippen LogP contribution is 2.79. The highest BCUT2D eigenvalue weighted by molar-refractivity contribution is 9.14. The number of thioether (sulfide) groups is 3. The van der Waals surface area contributed by atoms with Gasteiger partial charge in [0.2, 0.25) is 4.75 Å². The van der Waals surface area contributed by atoms with E-state index in [1.54, 1.807) is 34.1 Å². The van der Waals surface area contributed by atoms with Gasteiger partial charge in [-0.15, -0.1) is 0 Å². The number of hydrogen-bond acceptors (Lipinski definition) is 7. The summed E-state index contributed by atoms with van der Waals surface area (Å²) in [5.41, 5.74) is 0. The molecule has 98 valence electrons. The van der Waals surface area contributed by atoms with Crippen LogP contribution in [-0.4, -0.2) is 50.3 Å². The molecule has 3 unspecified atom stereocenters. The van der Waals surface area contributed by atoms with Crippen molar-refractivity contribution >= 4 is 74.2 Å². The first-order valence-electron chi connectivity index (χ1n) is 5.62. The highest BCUT2D eigenvalue weighted by atomic mass is 33.4. The fraction of sp³-hybridized carbons (Fsp3) is 1.00. The summed E-state index contributed by atoms with van der Waals surface area (Å²) >= 11 is 11.4. The monoisotopic (exact) mass is 362 g/mol. The molecule has 3 atom stereocenters. The van der Waals surface area contributed by atoms with Crippen molar-refractivity contribution in [3.63, 3.8) is 0 Å². The van der Waals surface area contributed by atoms with Gasteiger partial charge in [0.1, 0.15) is 0 Å². The van der Waals surface area contributed by atoms with Crippen molar-refractivity contribution in [1.82, 2.24) is 0 Å². The van der Waals surface area contributed by atoms with Gasteiger partial charge in [-0.05, 0) is 0 Å². The van der Waals surface area contributed by atoms with E-state index in [0.29, 0.717) is 0 Å². The molecule has 0 bridgehead atoms. The minimum absolute atomic E-state index is 0.806. The zero-order valence-electron chi connectivity index (χ0n) is 9.28. The molecule has 3 aliphatic rings. The fourth-order valence-electron chi connectivity index (χ4n) is 1.13. The Balaban J connectivity index is 1.45. The third-order valence-corrected chi connectivity index (χ3v) is 18.5. The number of rotatable bonds is 9. The molecule has 3 fully saturated rings. The van der Waals surface area contributed by atoms with Crippen LogP contribution in [0.3, 0.4) is 0 Å². The van der Waals surface area contributed by atoms with Gasteiger partial charge in [0.15, 0.2) is 0 Å². The quantitative estimate of drug-likeness (QED) is 0.433. The average molecular weight is 363 g/mol. The molecule has 0 radical (unpaired) electrons. The molecule has 3 heterocycles. The maximum absolute atomic E-state index is 12.9. The average Bonchev–Trinajstić information content (AvgIpc) is 3.17. The van der Waals surface area contributed by atoms with Crippen molar-refractivity contribution in [2.24, 2.45) is 0 Å². The SMILES string of the molecule is O=P(SCC1CS1)(SCC1CS1)SCC1CS1. The van der Waals surface area contributed by atoms with Crippen molar-refractivity contribution in [3.8, 4) is 0 Å². The van der Waals surface area contributed by atoms with Gasteiger partial charge < -0.3 is 0 Å². The Labute approximate surface area is 128 Å². The van der Waals surface area contributed by atoms with Gasteiger partial charge in [0.05, 0.1) is 0 Å². The van der Waals surface area contributed by atoms with Crippen LogP contribution in [0.25, 0.3) is 0 Å². The second kappa shape index (κ2) is 6.40. The first kappa shape index (κ1) is 14.3. The first-order chi connectivity index (χ1) is 8.23. The van der Waals surface area contributed by atoms with Crippen molar-refractivity contribution < 1.29 is 4.57 Å².